The minimum atomic E-state index is -3.32. The number of hydrogen-bond donors (Lipinski definition) is 2. The first-order chi connectivity index (χ1) is 10.0. The van der Waals surface area contributed by atoms with Gasteiger partial charge in [0.2, 0.25) is 10.0 Å². The van der Waals surface area contributed by atoms with Crippen molar-refractivity contribution in [3.63, 3.8) is 0 Å². The zero-order valence-corrected chi connectivity index (χ0v) is 13.7. The fraction of sp³-hybridized carbons (Fsp3) is 0.625. The molecule has 1 aromatic carbocycles. The van der Waals surface area contributed by atoms with E-state index >= 15 is 0 Å². The van der Waals surface area contributed by atoms with E-state index in [1.807, 2.05) is 24.3 Å². The third-order valence-electron chi connectivity index (χ3n) is 3.83. The Balaban J connectivity index is 1.88. The van der Waals surface area contributed by atoms with Crippen LogP contribution in [0.3, 0.4) is 0 Å². The number of hydrogen-bond acceptors (Lipinski definition) is 3. The molecule has 4 nitrogen and oxygen atoms in total. The highest BCUT2D eigenvalue weighted by molar-refractivity contribution is 7.93. The second kappa shape index (κ2) is 7.27. The molecule has 0 amide bonds. The summed E-state index contributed by atoms with van der Waals surface area (Å²) in [6.45, 7) is 4.42. The molecule has 0 radical (unpaired) electrons. The van der Waals surface area contributed by atoms with Crippen LogP contribution in [0.1, 0.15) is 45.1 Å². The number of rotatable bonds is 9. The SMILES string of the molecule is CCCCc1ccc(NS(=O)(=O)C(C)CNC2CC2)cc1. The summed E-state index contributed by atoms with van der Waals surface area (Å²) < 4.78 is 27.2. The predicted octanol–water partition coefficient (Wildman–Crippen LogP) is 2.91. The summed E-state index contributed by atoms with van der Waals surface area (Å²) in [7, 11) is -3.32. The van der Waals surface area contributed by atoms with Crippen LogP contribution in [0.25, 0.3) is 0 Å². The van der Waals surface area contributed by atoms with Gasteiger partial charge in [0.25, 0.3) is 0 Å². The molecule has 2 rings (SSSR count). The van der Waals surface area contributed by atoms with Gasteiger partial charge in [-0.15, -0.1) is 0 Å². The Hall–Kier alpha value is -1.07. The van der Waals surface area contributed by atoms with E-state index in [2.05, 4.69) is 17.0 Å². The van der Waals surface area contributed by atoms with Crippen LogP contribution in [0.4, 0.5) is 5.69 Å². The average Bonchev–Trinajstić information content (AvgIpc) is 3.28. The highest BCUT2D eigenvalue weighted by Crippen LogP contribution is 2.19. The summed E-state index contributed by atoms with van der Waals surface area (Å²) in [6, 6.07) is 8.23. The van der Waals surface area contributed by atoms with E-state index in [0.29, 0.717) is 18.3 Å². The Bertz CT molecular complexity index is 536. The Morgan fingerprint density at radius 1 is 1.24 bits per heavy atom. The Morgan fingerprint density at radius 3 is 2.48 bits per heavy atom. The van der Waals surface area contributed by atoms with Crippen LogP contribution >= 0.6 is 0 Å². The summed E-state index contributed by atoms with van der Waals surface area (Å²) in [5.74, 6) is 0. The molecule has 21 heavy (non-hydrogen) atoms. The van der Waals surface area contributed by atoms with Crippen molar-refractivity contribution in [2.75, 3.05) is 11.3 Å². The van der Waals surface area contributed by atoms with Crippen molar-refractivity contribution < 1.29 is 8.42 Å². The molecule has 1 unspecified atom stereocenters. The van der Waals surface area contributed by atoms with Crippen molar-refractivity contribution in [2.24, 2.45) is 0 Å². The first-order valence-electron chi connectivity index (χ1n) is 7.85. The molecule has 0 heterocycles. The monoisotopic (exact) mass is 310 g/mol. The minimum Gasteiger partial charge on any atom is -0.313 e. The molecule has 0 spiro atoms. The number of sulfonamides is 1. The fourth-order valence-electron chi connectivity index (χ4n) is 2.12. The second-order valence-electron chi connectivity index (χ2n) is 5.94. The number of benzene rings is 1. The van der Waals surface area contributed by atoms with Crippen LogP contribution in [0, 0.1) is 0 Å². The van der Waals surface area contributed by atoms with E-state index in [9.17, 15) is 8.42 Å². The molecule has 0 aromatic heterocycles. The van der Waals surface area contributed by atoms with Gasteiger partial charge in [-0.25, -0.2) is 8.42 Å². The lowest BCUT2D eigenvalue weighted by Gasteiger charge is -2.15. The maximum absolute atomic E-state index is 12.2. The molecule has 1 aliphatic carbocycles. The van der Waals surface area contributed by atoms with E-state index in [-0.39, 0.29) is 0 Å². The number of nitrogens with one attached hydrogen (secondary N) is 2. The van der Waals surface area contributed by atoms with E-state index in [1.165, 1.54) is 24.8 Å². The predicted molar refractivity (Wildman–Crippen MR) is 88.1 cm³/mol. The topological polar surface area (TPSA) is 58.2 Å². The molecule has 2 N–H and O–H groups in total. The van der Waals surface area contributed by atoms with E-state index in [0.717, 1.165) is 12.8 Å². The van der Waals surface area contributed by atoms with Gasteiger partial charge < -0.3 is 5.32 Å². The third kappa shape index (κ3) is 5.32. The van der Waals surface area contributed by atoms with Crippen LogP contribution in [0.15, 0.2) is 24.3 Å². The van der Waals surface area contributed by atoms with Gasteiger partial charge in [-0.05, 0) is 50.3 Å². The molecule has 0 aliphatic heterocycles. The number of aryl methyl sites for hydroxylation is 1. The van der Waals surface area contributed by atoms with Gasteiger partial charge in [0.15, 0.2) is 0 Å². The van der Waals surface area contributed by atoms with Crippen molar-refractivity contribution in [2.45, 2.75) is 57.2 Å². The molecule has 0 bridgehead atoms. The second-order valence-corrected chi connectivity index (χ2v) is 8.04. The fourth-order valence-corrected chi connectivity index (χ4v) is 3.10. The molecule has 118 valence electrons. The lowest BCUT2D eigenvalue weighted by Crippen LogP contribution is -2.35. The van der Waals surface area contributed by atoms with E-state index in [1.54, 1.807) is 6.92 Å². The quantitative estimate of drug-likeness (QED) is 0.737. The molecule has 1 atom stereocenters. The Morgan fingerprint density at radius 2 is 1.90 bits per heavy atom. The molecule has 5 heteroatoms. The first-order valence-corrected chi connectivity index (χ1v) is 9.40. The maximum atomic E-state index is 12.2. The van der Waals surface area contributed by atoms with E-state index < -0.39 is 15.3 Å². The molecular weight excluding hydrogens is 284 g/mol. The number of unbranched alkanes of at least 4 members (excludes halogenated alkanes) is 1. The zero-order valence-electron chi connectivity index (χ0n) is 12.9. The number of anilines is 1. The molecule has 1 saturated carbocycles. The van der Waals surface area contributed by atoms with Gasteiger partial charge in [-0.2, -0.15) is 0 Å². The standard InChI is InChI=1S/C16H26N2O2S/c1-3-4-5-14-6-8-16(9-7-14)18-21(19,20)13(2)12-17-15-10-11-15/h6-9,13,15,17-18H,3-5,10-12H2,1-2H3. The minimum absolute atomic E-state index is 0.433. The van der Waals surface area contributed by atoms with E-state index in [4.69, 9.17) is 0 Å². The maximum Gasteiger partial charge on any atom is 0.236 e. The molecule has 1 aromatic rings. The summed E-state index contributed by atoms with van der Waals surface area (Å²) in [5.41, 5.74) is 1.90. The van der Waals surface area contributed by atoms with Gasteiger partial charge >= 0.3 is 0 Å². The van der Waals surface area contributed by atoms with Crippen molar-refractivity contribution in [3.8, 4) is 0 Å². The van der Waals surface area contributed by atoms with Gasteiger partial charge in [0, 0.05) is 18.3 Å². The normalized spacial score (nSPS) is 16.7. The molecule has 1 fully saturated rings. The summed E-state index contributed by atoms with van der Waals surface area (Å²) >= 11 is 0. The summed E-state index contributed by atoms with van der Waals surface area (Å²) in [4.78, 5) is 0. The summed E-state index contributed by atoms with van der Waals surface area (Å²) in [6.07, 6.45) is 5.71. The molecule has 1 aliphatic rings. The Kier molecular flexibility index (Phi) is 5.65. The van der Waals surface area contributed by atoms with Crippen LogP contribution in [0.5, 0.6) is 0 Å². The summed E-state index contributed by atoms with van der Waals surface area (Å²) in [5, 5.41) is 2.83. The Labute approximate surface area is 128 Å². The largest absolute Gasteiger partial charge is 0.313 e. The van der Waals surface area contributed by atoms with Crippen LogP contribution < -0.4 is 10.0 Å². The van der Waals surface area contributed by atoms with Crippen molar-refractivity contribution in [3.05, 3.63) is 29.8 Å². The van der Waals surface area contributed by atoms with Gasteiger partial charge in [0.05, 0.1) is 5.25 Å². The van der Waals surface area contributed by atoms with Gasteiger partial charge in [0.1, 0.15) is 0 Å². The van der Waals surface area contributed by atoms with Gasteiger partial charge in [-0.3, -0.25) is 4.72 Å². The molecule has 0 saturated heterocycles. The lowest BCUT2D eigenvalue weighted by atomic mass is 10.1. The highest BCUT2D eigenvalue weighted by Gasteiger charge is 2.25. The molecular formula is C16H26N2O2S. The van der Waals surface area contributed by atoms with Crippen molar-refractivity contribution in [1.29, 1.82) is 0 Å². The third-order valence-corrected chi connectivity index (χ3v) is 5.58. The first kappa shape index (κ1) is 16.3. The van der Waals surface area contributed by atoms with Crippen LogP contribution in [-0.2, 0) is 16.4 Å². The average molecular weight is 310 g/mol. The van der Waals surface area contributed by atoms with Crippen LogP contribution in [0.2, 0.25) is 0 Å². The highest BCUT2D eigenvalue weighted by atomic mass is 32.2. The van der Waals surface area contributed by atoms with Gasteiger partial charge in [-0.1, -0.05) is 25.5 Å². The van der Waals surface area contributed by atoms with Crippen LogP contribution in [-0.4, -0.2) is 26.3 Å². The smallest absolute Gasteiger partial charge is 0.236 e. The zero-order chi connectivity index (χ0) is 15.3. The lowest BCUT2D eigenvalue weighted by molar-refractivity contribution is 0.576. The van der Waals surface area contributed by atoms with Crippen molar-refractivity contribution in [1.82, 2.24) is 5.32 Å². The van der Waals surface area contributed by atoms with Crippen molar-refractivity contribution >= 4 is 15.7 Å².